The zero-order valence-corrected chi connectivity index (χ0v) is 14.8. The molecule has 9 heteroatoms. The Bertz CT molecular complexity index is 665. The summed E-state index contributed by atoms with van der Waals surface area (Å²) in [6.07, 6.45) is -3.28. The third-order valence-corrected chi connectivity index (χ3v) is 2.73. The number of ether oxygens (including phenoxy) is 1. The summed E-state index contributed by atoms with van der Waals surface area (Å²) in [5.41, 5.74) is 5.52. The van der Waals surface area contributed by atoms with E-state index in [1.165, 1.54) is 12.3 Å². The van der Waals surface area contributed by atoms with Gasteiger partial charge < -0.3 is 15.8 Å². The van der Waals surface area contributed by atoms with Gasteiger partial charge in [-0.05, 0) is 24.3 Å². The lowest BCUT2D eigenvalue weighted by Gasteiger charge is -2.11. The van der Waals surface area contributed by atoms with E-state index in [1.54, 1.807) is 0 Å². The fraction of sp³-hybridized carbons (Fsp3) is 0.200. The van der Waals surface area contributed by atoms with E-state index >= 15 is 0 Å². The Morgan fingerprint density at radius 1 is 1.17 bits per heavy atom. The van der Waals surface area contributed by atoms with E-state index in [0.717, 1.165) is 11.8 Å². The van der Waals surface area contributed by atoms with Gasteiger partial charge in [0.25, 0.3) is 0 Å². The number of rotatable bonds is 5. The zero-order valence-electron chi connectivity index (χ0n) is 12.5. The minimum atomic E-state index is -4.51. The van der Waals surface area contributed by atoms with Crippen molar-refractivity contribution < 1.29 is 17.9 Å². The number of anilines is 1. The van der Waals surface area contributed by atoms with Gasteiger partial charge in [0.2, 0.25) is 5.88 Å². The monoisotopic (exact) mass is 452 g/mol. The Morgan fingerprint density at radius 3 is 2.54 bits per heavy atom. The minimum Gasteiger partial charge on any atom is -0.475 e. The van der Waals surface area contributed by atoms with E-state index in [0.29, 0.717) is 0 Å². The van der Waals surface area contributed by atoms with Crippen LogP contribution in [0.1, 0.15) is 5.56 Å². The lowest BCUT2D eigenvalue weighted by atomic mass is 10.2. The van der Waals surface area contributed by atoms with E-state index in [9.17, 15) is 13.2 Å². The van der Waals surface area contributed by atoms with Gasteiger partial charge >= 0.3 is 6.18 Å². The summed E-state index contributed by atoms with van der Waals surface area (Å²) in [6, 6.07) is 11.3. The number of halogens is 4. The molecule has 0 aliphatic heterocycles. The van der Waals surface area contributed by atoms with Gasteiger partial charge in [-0.3, -0.25) is 0 Å². The van der Waals surface area contributed by atoms with Crippen LogP contribution in [0.2, 0.25) is 0 Å². The number of aliphatic imine (C=N–C) groups is 1. The summed E-state index contributed by atoms with van der Waals surface area (Å²) < 4.78 is 43.3. The molecule has 0 saturated heterocycles. The molecule has 1 aromatic carbocycles. The topological polar surface area (TPSA) is 72.5 Å². The van der Waals surface area contributed by atoms with Crippen LogP contribution in [-0.2, 0) is 6.18 Å². The smallest absolute Gasteiger partial charge is 0.421 e. The van der Waals surface area contributed by atoms with E-state index in [2.05, 4.69) is 15.3 Å². The largest absolute Gasteiger partial charge is 0.475 e. The Kier molecular flexibility index (Phi) is 7.75. The number of aromatic nitrogens is 1. The molecule has 0 aliphatic carbocycles. The van der Waals surface area contributed by atoms with Gasteiger partial charge in [0.1, 0.15) is 12.2 Å². The predicted molar refractivity (Wildman–Crippen MR) is 96.7 cm³/mol. The van der Waals surface area contributed by atoms with Crippen molar-refractivity contribution in [1.29, 1.82) is 0 Å². The number of pyridine rings is 1. The van der Waals surface area contributed by atoms with E-state index in [1.807, 2.05) is 30.3 Å². The number of benzene rings is 1. The lowest BCUT2D eigenvalue weighted by molar-refractivity contribution is -0.139. The SMILES string of the molecule is I.NC(=NCCOc1ncccc1C(F)(F)F)Nc1ccccc1. The maximum Gasteiger partial charge on any atom is 0.421 e. The number of nitrogens with one attached hydrogen (secondary N) is 1. The molecule has 2 rings (SSSR count). The standard InChI is InChI=1S/C15H15F3N4O.HI/c16-15(17,18)12-7-4-8-20-13(12)23-10-9-21-14(19)22-11-5-2-1-3-6-11;/h1-8H,9-10H2,(H3,19,21,22);1H. The van der Waals surface area contributed by atoms with Gasteiger partial charge in [0, 0.05) is 11.9 Å². The highest BCUT2D eigenvalue weighted by Gasteiger charge is 2.34. The molecule has 0 aliphatic rings. The number of hydrogen-bond donors (Lipinski definition) is 2. The first kappa shape index (κ1) is 20.0. The number of guanidine groups is 1. The number of nitrogens with two attached hydrogens (primary N) is 1. The summed E-state index contributed by atoms with van der Waals surface area (Å²) in [5, 5.41) is 2.85. The molecule has 0 spiro atoms. The quantitative estimate of drug-likeness (QED) is 0.315. The lowest BCUT2D eigenvalue weighted by Crippen LogP contribution is -2.23. The summed E-state index contributed by atoms with van der Waals surface area (Å²) in [5.74, 6) is -0.318. The second-order valence-corrected chi connectivity index (χ2v) is 4.46. The molecule has 0 bridgehead atoms. The molecular weight excluding hydrogens is 436 g/mol. The third kappa shape index (κ3) is 6.22. The average Bonchev–Trinajstić information content (AvgIpc) is 2.52. The van der Waals surface area contributed by atoms with E-state index < -0.39 is 17.6 Å². The fourth-order valence-corrected chi connectivity index (χ4v) is 1.74. The van der Waals surface area contributed by atoms with Crippen LogP contribution in [0.5, 0.6) is 5.88 Å². The molecule has 0 saturated carbocycles. The Labute approximate surface area is 154 Å². The van der Waals surface area contributed by atoms with Crippen LogP contribution >= 0.6 is 24.0 Å². The molecule has 0 unspecified atom stereocenters. The van der Waals surface area contributed by atoms with Crippen LogP contribution in [0.15, 0.2) is 53.7 Å². The summed E-state index contributed by atoms with van der Waals surface area (Å²) in [6.45, 7) is 0.0246. The Balaban J connectivity index is 0.00000288. The van der Waals surface area contributed by atoms with Crippen molar-refractivity contribution in [2.45, 2.75) is 6.18 Å². The molecule has 130 valence electrons. The summed E-state index contributed by atoms with van der Waals surface area (Å²) in [4.78, 5) is 7.57. The maximum atomic E-state index is 12.8. The van der Waals surface area contributed by atoms with E-state index in [-0.39, 0.29) is 43.1 Å². The van der Waals surface area contributed by atoms with Crippen LogP contribution in [-0.4, -0.2) is 24.1 Å². The van der Waals surface area contributed by atoms with Crippen molar-refractivity contribution in [1.82, 2.24) is 4.98 Å². The molecule has 5 nitrogen and oxygen atoms in total. The van der Waals surface area contributed by atoms with Gasteiger partial charge in [-0.2, -0.15) is 13.2 Å². The average molecular weight is 452 g/mol. The second kappa shape index (κ2) is 9.30. The van der Waals surface area contributed by atoms with Crippen LogP contribution in [0.25, 0.3) is 0 Å². The van der Waals surface area contributed by atoms with Crippen molar-refractivity contribution in [2.75, 3.05) is 18.5 Å². The predicted octanol–water partition coefficient (Wildman–Crippen LogP) is 3.52. The molecule has 1 aromatic heterocycles. The molecule has 0 radical (unpaired) electrons. The van der Waals surface area contributed by atoms with Crippen molar-refractivity contribution in [2.24, 2.45) is 10.7 Å². The number of nitrogens with zero attached hydrogens (tertiary/aromatic N) is 2. The highest BCUT2D eigenvalue weighted by molar-refractivity contribution is 14.0. The highest BCUT2D eigenvalue weighted by atomic mass is 127. The zero-order chi connectivity index (χ0) is 16.7. The molecule has 2 aromatic rings. The molecular formula is C15H16F3IN4O. The Morgan fingerprint density at radius 2 is 1.88 bits per heavy atom. The number of hydrogen-bond acceptors (Lipinski definition) is 3. The van der Waals surface area contributed by atoms with Crippen LogP contribution < -0.4 is 15.8 Å². The van der Waals surface area contributed by atoms with E-state index in [4.69, 9.17) is 10.5 Å². The number of para-hydroxylation sites is 1. The molecule has 0 amide bonds. The first-order chi connectivity index (χ1) is 11.0. The Hall–Kier alpha value is -2.04. The fourth-order valence-electron chi connectivity index (χ4n) is 1.74. The second-order valence-electron chi connectivity index (χ2n) is 4.46. The molecule has 0 fully saturated rings. The van der Waals surface area contributed by atoms with Gasteiger partial charge in [-0.25, -0.2) is 9.98 Å². The van der Waals surface area contributed by atoms with Gasteiger partial charge in [-0.15, -0.1) is 24.0 Å². The molecule has 0 atom stereocenters. The molecule has 3 N–H and O–H groups in total. The molecule has 1 heterocycles. The van der Waals surface area contributed by atoms with Crippen LogP contribution in [0, 0.1) is 0 Å². The maximum absolute atomic E-state index is 12.8. The summed E-state index contributed by atoms with van der Waals surface area (Å²) in [7, 11) is 0. The van der Waals surface area contributed by atoms with Crippen molar-refractivity contribution >= 4 is 35.6 Å². The van der Waals surface area contributed by atoms with Gasteiger partial charge in [0.15, 0.2) is 5.96 Å². The van der Waals surface area contributed by atoms with Crippen LogP contribution in [0.3, 0.4) is 0 Å². The third-order valence-electron chi connectivity index (χ3n) is 2.73. The van der Waals surface area contributed by atoms with Crippen molar-refractivity contribution in [3.63, 3.8) is 0 Å². The minimum absolute atomic E-state index is 0. The molecule has 24 heavy (non-hydrogen) atoms. The number of alkyl halides is 3. The van der Waals surface area contributed by atoms with Crippen molar-refractivity contribution in [3.8, 4) is 5.88 Å². The van der Waals surface area contributed by atoms with Crippen LogP contribution in [0.4, 0.5) is 18.9 Å². The van der Waals surface area contributed by atoms with Gasteiger partial charge in [0.05, 0.1) is 6.54 Å². The van der Waals surface area contributed by atoms with Crippen molar-refractivity contribution in [3.05, 3.63) is 54.2 Å². The normalized spacial score (nSPS) is 11.5. The first-order valence-corrected chi connectivity index (χ1v) is 6.74. The summed E-state index contributed by atoms with van der Waals surface area (Å²) >= 11 is 0. The first-order valence-electron chi connectivity index (χ1n) is 6.74. The van der Waals surface area contributed by atoms with Gasteiger partial charge in [-0.1, -0.05) is 18.2 Å². The highest BCUT2D eigenvalue weighted by Crippen LogP contribution is 2.34.